The van der Waals surface area contributed by atoms with Gasteiger partial charge in [0.2, 0.25) is 0 Å². The molecule has 2 N–H and O–H groups in total. The van der Waals surface area contributed by atoms with Crippen molar-refractivity contribution in [2.45, 2.75) is 0 Å². The zero-order chi connectivity index (χ0) is 9.68. The Labute approximate surface area is 126 Å². The fraction of sp³-hybridized carbons (Fsp3) is 0.200. The number of nitrogens with one attached hydrogen (secondary N) is 1. The molecule has 0 heterocycles. The van der Waals surface area contributed by atoms with Gasteiger partial charge in [0.1, 0.15) is 0 Å². The Morgan fingerprint density at radius 2 is 2.07 bits per heavy atom. The third-order valence-corrected chi connectivity index (χ3v) is 1.66. The smallest absolute Gasteiger partial charge is 0.395 e. The fourth-order valence-corrected chi connectivity index (χ4v) is 1.01. The van der Waals surface area contributed by atoms with Gasteiger partial charge in [-0.25, -0.2) is 0 Å². The van der Waals surface area contributed by atoms with Gasteiger partial charge in [0.25, 0.3) is 0 Å². The van der Waals surface area contributed by atoms with Crippen LogP contribution in [0.4, 0.5) is 0 Å². The van der Waals surface area contributed by atoms with Crippen molar-refractivity contribution in [2.24, 2.45) is 0 Å². The number of rotatable bonds is 3. The molecule has 1 rings (SSSR count). The number of aliphatic hydroxyl groups excluding tert-OH is 1. The average Bonchev–Trinajstić information content (AvgIpc) is 2.15. The molecule has 0 unspecified atom stereocenters. The maximum absolute atomic E-state index is 11.4. The zero-order valence-corrected chi connectivity index (χ0v) is 11.4. The molecule has 70 valence electrons. The SMILES string of the molecule is [CH2-]c1ccccc1C(=O)NCCO.[K+]. The summed E-state index contributed by atoms with van der Waals surface area (Å²) in [5.41, 5.74) is 1.24. The molecule has 4 heteroatoms. The van der Waals surface area contributed by atoms with Crippen LogP contribution in [0.15, 0.2) is 24.3 Å². The van der Waals surface area contributed by atoms with Gasteiger partial charge in [-0.05, 0) is 0 Å². The van der Waals surface area contributed by atoms with E-state index in [1.807, 2.05) is 6.07 Å². The predicted molar refractivity (Wildman–Crippen MR) is 50.3 cm³/mol. The standard InChI is InChI=1S/C10H12NO2.K/c1-8-4-2-3-5-9(8)10(13)11-6-7-12;/h2-5,12H,1,6-7H2,(H,11,13);/q-1;+1. The summed E-state index contributed by atoms with van der Waals surface area (Å²) >= 11 is 0. The maximum atomic E-state index is 11.4. The monoisotopic (exact) mass is 217 g/mol. The topological polar surface area (TPSA) is 49.3 Å². The predicted octanol–water partition coefficient (Wildman–Crippen LogP) is -2.41. The van der Waals surface area contributed by atoms with Gasteiger partial charge in [-0.2, -0.15) is 18.6 Å². The largest absolute Gasteiger partial charge is 1.00 e. The van der Waals surface area contributed by atoms with Gasteiger partial charge >= 0.3 is 51.4 Å². The van der Waals surface area contributed by atoms with Gasteiger partial charge in [-0.1, -0.05) is 11.6 Å². The fourth-order valence-electron chi connectivity index (χ4n) is 1.01. The number of carbonyl (C=O) groups is 1. The van der Waals surface area contributed by atoms with Gasteiger partial charge in [-0.3, -0.25) is 4.79 Å². The molecule has 0 aliphatic rings. The minimum atomic E-state index is -0.195. The van der Waals surface area contributed by atoms with E-state index < -0.39 is 0 Å². The quantitative estimate of drug-likeness (QED) is 0.438. The molecule has 0 aromatic heterocycles. The molecule has 3 nitrogen and oxygen atoms in total. The zero-order valence-electron chi connectivity index (χ0n) is 8.29. The van der Waals surface area contributed by atoms with Crippen molar-refractivity contribution in [1.82, 2.24) is 5.32 Å². The van der Waals surface area contributed by atoms with Crippen LogP contribution in [0.2, 0.25) is 0 Å². The van der Waals surface area contributed by atoms with Crippen LogP contribution in [0.25, 0.3) is 0 Å². The van der Waals surface area contributed by atoms with Crippen LogP contribution in [0.3, 0.4) is 0 Å². The molecule has 14 heavy (non-hydrogen) atoms. The Morgan fingerprint density at radius 3 is 2.64 bits per heavy atom. The molecule has 0 radical (unpaired) electrons. The second-order valence-corrected chi connectivity index (χ2v) is 2.64. The van der Waals surface area contributed by atoms with Crippen molar-refractivity contribution in [3.63, 3.8) is 0 Å². The van der Waals surface area contributed by atoms with E-state index in [1.54, 1.807) is 18.2 Å². The van der Waals surface area contributed by atoms with Crippen LogP contribution in [0.5, 0.6) is 0 Å². The molecule has 0 saturated carbocycles. The molecule has 0 fully saturated rings. The van der Waals surface area contributed by atoms with Crippen molar-refractivity contribution in [1.29, 1.82) is 0 Å². The third-order valence-electron chi connectivity index (χ3n) is 1.66. The summed E-state index contributed by atoms with van der Waals surface area (Å²) in [5, 5.41) is 11.1. The van der Waals surface area contributed by atoms with Crippen LogP contribution >= 0.6 is 0 Å². The van der Waals surface area contributed by atoms with E-state index >= 15 is 0 Å². The van der Waals surface area contributed by atoms with E-state index in [0.29, 0.717) is 11.1 Å². The molecular weight excluding hydrogens is 205 g/mol. The third kappa shape index (κ3) is 4.12. The van der Waals surface area contributed by atoms with E-state index in [-0.39, 0.29) is 70.4 Å². The molecular formula is C10H12KNO2. The Morgan fingerprint density at radius 1 is 1.43 bits per heavy atom. The first-order valence-corrected chi connectivity index (χ1v) is 4.05. The molecule has 0 saturated heterocycles. The Balaban J connectivity index is 0.00000169. The van der Waals surface area contributed by atoms with Crippen LogP contribution in [0, 0.1) is 6.92 Å². The van der Waals surface area contributed by atoms with Gasteiger partial charge in [0, 0.05) is 6.54 Å². The van der Waals surface area contributed by atoms with Crippen molar-refractivity contribution >= 4 is 5.91 Å². The number of hydrogen-bond donors (Lipinski definition) is 2. The molecule has 0 aliphatic carbocycles. The molecule has 1 aromatic rings. The second kappa shape index (κ2) is 7.45. The van der Waals surface area contributed by atoms with E-state index in [9.17, 15) is 4.79 Å². The van der Waals surface area contributed by atoms with E-state index in [0.717, 1.165) is 0 Å². The number of aliphatic hydroxyl groups is 1. The van der Waals surface area contributed by atoms with Gasteiger partial charge in [-0.15, -0.1) is 12.1 Å². The molecule has 1 aromatic carbocycles. The molecule has 0 aliphatic heterocycles. The summed E-state index contributed by atoms with van der Waals surface area (Å²) in [6, 6.07) is 7.08. The summed E-state index contributed by atoms with van der Waals surface area (Å²) in [5.74, 6) is -0.195. The van der Waals surface area contributed by atoms with Crippen LogP contribution in [-0.2, 0) is 0 Å². The van der Waals surface area contributed by atoms with Crippen LogP contribution in [-0.4, -0.2) is 24.2 Å². The van der Waals surface area contributed by atoms with E-state index in [4.69, 9.17) is 5.11 Å². The average molecular weight is 217 g/mol. The Bertz CT molecular complexity index is 302. The van der Waals surface area contributed by atoms with Crippen molar-refractivity contribution in [3.8, 4) is 0 Å². The molecule has 0 atom stereocenters. The van der Waals surface area contributed by atoms with Crippen molar-refractivity contribution in [3.05, 3.63) is 42.3 Å². The van der Waals surface area contributed by atoms with Crippen molar-refractivity contribution in [2.75, 3.05) is 13.2 Å². The number of benzene rings is 1. The summed E-state index contributed by atoms with van der Waals surface area (Å²) < 4.78 is 0. The minimum absolute atomic E-state index is 0. The van der Waals surface area contributed by atoms with E-state index in [2.05, 4.69) is 12.2 Å². The number of carbonyl (C=O) groups excluding carboxylic acids is 1. The summed E-state index contributed by atoms with van der Waals surface area (Å²) in [4.78, 5) is 11.4. The summed E-state index contributed by atoms with van der Waals surface area (Å²) in [6.45, 7) is 3.95. The first-order valence-electron chi connectivity index (χ1n) is 4.05. The first kappa shape index (κ1) is 14.2. The maximum Gasteiger partial charge on any atom is 1.00 e. The first-order chi connectivity index (χ1) is 6.25. The van der Waals surface area contributed by atoms with Gasteiger partial charge in [0.15, 0.2) is 5.91 Å². The number of hydrogen-bond acceptors (Lipinski definition) is 2. The van der Waals surface area contributed by atoms with Crippen LogP contribution < -0.4 is 56.7 Å². The van der Waals surface area contributed by atoms with Gasteiger partial charge < -0.3 is 10.4 Å². The summed E-state index contributed by atoms with van der Waals surface area (Å²) in [6.07, 6.45) is 0. The molecule has 1 amide bonds. The Kier molecular flexibility index (Phi) is 7.53. The molecule has 0 bridgehead atoms. The Hall–Kier alpha value is 0.156. The normalized spacial score (nSPS) is 8.93. The van der Waals surface area contributed by atoms with Crippen LogP contribution in [0.1, 0.15) is 15.9 Å². The van der Waals surface area contributed by atoms with E-state index in [1.165, 1.54) is 0 Å². The summed E-state index contributed by atoms with van der Waals surface area (Å²) in [7, 11) is 0. The van der Waals surface area contributed by atoms with Crippen molar-refractivity contribution < 1.29 is 61.3 Å². The van der Waals surface area contributed by atoms with Gasteiger partial charge in [0.05, 0.1) is 6.61 Å². The second-order valence-electron chi connectivity index (χ2n) is 2.64. The molecule has 0 spiro atoms. The minimum Gasteiger partial charge on any atom is -0.395 e. The number of amides is 1.